The van der Waals surface area contributed by atoms with Gasteiger partial charge < -0.3 is 0 Å². The van der Waals surface area contributed by atoms with E-state index in [2.05, 4.69) is 11.6 Å². The predicted octanol–water partition coefficient (Wildman–Crippen LogP) is 2.65. The zero-order valence-electron chi connectivity index (χ0n) is 10.1. The molecule has 0 aliphatic rings. The molecule has 0 spiro atoms. The smallest absolute Gasteiger partial charge is 0.231 e. The number of carbonyl (C=O) groups is 1. The highest BCUT2D eigenvalue weighted by Crippen LogP contribution is 2.15. The number of aromatic nitrogens is 1. The quantitative estimate of drug-likeness (QED) is 0.728. The van der Waals surface area contributed by atoms with Gasteiger partial charge in [-0.25, -0.2) is 4.98 Å². The number of hydrogen-bond donors (Lipinski definition) is 0. The molecule has 86 valence electrons. The summed E-state index contributed by atoms with van der Waals surface area (Å²) >= 11 is 0. The lowest BCUT2D eigenvalue weighted by molar-refractivity contribution is -0.121. The molecular formula is C13H18N2O. The van der Waals surface area contributed by atoms with E-state index in [4.69, 9.17) is 0 Å². The van der Waals surface area contributed by atoms with Crippen molar-refractivity contribution in [3.8, 4) is 0 Å². The van der Waals surface area contributed by atoms with Gasteiger partial charge in [0.2, 0.25) is 5.91 Å². The van der Waals surface area contributed by atoms with Crippen molar-refractivity contribution >= 4 is 11.7 Å². The third kappa shape index (κ3) is 3.19. The van der Waals surface area contributed by atoms with Gasteiger partial charge in [0, 0.05) is 19.2 Å². The molecule has 0 aromatic carbocycles. The molecule has 0 N–H and O–H groups in total. The van der Waals surface area contributed by atoms with Gasteiger partial charge in [-0.2, -0.15) is 0 Å². The standard InChI is InChI=1S/C13H18N2O/c1-10(2)9-11(3)13(16)15(4)12-7-5-6-8-14-12/h5-8,11H,1,9H2,2-4H3/t11-/m1/s1. The minimum Gasteiger partial charge on any atom is -0.300 e. The van der Waals surface area contributed by atoms with Crippen molar-refractivity contribution < 1.29 is 4.79 Å². The van der Waals surface area contributed by atoms with Crippen LogP contribution in [0.2, 0.25) is 0 Å². The van der Waals surface area contributed by atoms with Crippen LogP contribution in [0.25, 0.3) is 0 Å². The molecule has 1 aromatic rings. The SMILES string of the molecule is C=C(C)C[C@@H](C)C(=O)N(C)c1ccccn1. The minimum atomic E-state index is -0.0514. The van der Waals surface area contributed by atoms with Gasteiger partial charge in [-0.15, -0.1) is 6.58 Å². The van der Waals surface area contributed by atoms with E-state index >= 15 is 0 Å². The Balaban J connectivity index is 2.71. The van der Waals surface area contributed by atoms with Crippen LogP contribution in [0.4, 0.5) is 5.82 Å². The molecule has 0 unspecified atom stereocenters. The highest BCUT2D eigenvalue weighted by Gasteiger charge is 2.18. The van der Waals surface area contributed by atoms with Gasteiger partial charge in [0.1, 0.15) is 5.82 Å². The molecule has 0 saturated carbocycles. The van der Waals surface area contributed by atoms with Crippen molar-refractivity contribution in [2.45, 2.75) is 20.3 Å². The lowest BCUT2D eigenvalue weighted by Crippen LogP contribution is -2.32. The lowest BCUT2D eigenvalue weighted by Gasteiger charge is -2.20. The third-order valence-electron chi connectivity index (χ3n) is 2.40. The van der Waals surface area contributed by atoms with Crippen LogP contribution >= 0.6 is 0 Å². The Labute approximate surface area is 96.8 Å². The van der Waals surface area contributed by atoms with Crippen LogP contribution in [0, 0.1) is 5.92 Å². The van der Waals surface area contributed by atoms with E-state index in [1.807, 2.05) is 32.0 Å². The molecule has 0 aliphatic heterocycles. The topological polar surface area (TPSA) is 33.2 Å². The summed E-state index contributed by atoms with van der Waals surface area (Å²) in [5.74, 6) is 0.701. The molecule has 1 amide bonds. The molecule has 3 heteroatoms. The summed E-state index contributed by atoms with van der Waals surface area (Å²) in [5.41, 5.74) is 1.02. The Morgan fingerprint density at radius 2 is 2.25 bits per heavy atom. The Kier molecular flexibility index (Phi) is 4.23. The first-order chi connectivity index (χ1) is 7.52. The molecular weight excluding hydrogens is 200 g/mol. The predicted molar refractivity (Wildman–Crippen MR) is 66.2 cm³/mol. The number of anilines is 1. The average molecular weight is 218 g/mol. The first kappa shape index (κ1) is 12.4. The van der Waals surface area contributed by atoms with Crippen LogP contribution in [0.15, 0.2) is 36.5 Å². The van der Waals surface area contributed by atoms with E-state index in [-0.39, 0.29) is 11.8 Å². The zero-order chi connectivity index (χ0) is 12.1. The molecule has 0 bridgehead atoms. The molecule has 0 aliphatic carbocycles. The second-order valence-corrected chi connectivity index (χ2v) is 4.15. The van der Waals surface area contributed by atoms with Crippen molar-refractivity contribution in [3.63, 3.8) is 0 Å². The Bertz CT molecular complexity index is 373. The van der Waals surface area contributed by atoms with E-state index in [1.54, 1.807) is 18.1 Å². The van der Waals surface area contributed by atoms with Crippen LogP contribution in [-0.4, -0.2) is 17.9 Å². The summed E-state index contributed by atoms with van der Waals surface area (Å²) in [6, 6.07) is 5.53. The fourth-order valence-corrected chi connectivity index (χ4v) is 1.61. The molecule has 16 heavy (non-hydrogen) atoms. The molecule has 0 radical (unpaired) electrons. The number of amides is 1. The van der Waals surface area contributed by atoms with E-state index in [1.165, 1.54) is 0 Å². The maximum Gasteiger partial charge on any atom is 0.231 e. The maximum absolute atomic E-state index is 12.0. The van der Waals surface area contributed by atoms with Gasteiger partial charge in [0.25, 0.3) is 0 Å². The second-order valence-electron chi connectivity index (χ2n) is 4.15. The maximum atomic E-state index is 12.0. The molecule has 1 heterocycles. The van der Waals surface area contributed by atoms with E-state index in [0.717, 1.165) is 12.0 Å². The Morgan fingerprint density at radius 1 is 1.56 bits per heavy atom. The zero-order valence-corrected chi connectivity index (χ0v) is 10.1. The molecule has 1 rings (SSSR count). The van der Waals surface area contributed by atoms with E-state index in [0.29, 0.717) is 5.82 Å². The van der Waals surface area contributed by atoms with Crippen LogP contribution in [0.5, 0.6) is 0 Å². The van der Waals surface area contributed by atoms with Gasteiger partial charge in [-0.1, -0.05) is 18.6 Å². The monoisotopic (exact) mass is 218 g/mol. The fraction of sp³-hybridized carbons (Fsp3) is 0.385. The van der Waals surface area contributed by atoms with Gasteiger partial charge in [0.05, 0.1) is 0 Å². The summed E-state index contributed by atoms with van der Waals surface area (Å²) in [5, 5.41) is 0. The second kappa shape index (κ2) is 5.45. The Hall–Kier alpha value is -1.64. The van der Waals surface area contributed by atoms with Crippen molar-refractivity contribution in [2.75, 3.05) is 11.9 Å². The molecule has 3 nitrogen and oxygen atoms in total. The normalized spacial score (nSPS) is 11.9. The highest BCUT2D eigenvalue weighted by atomic mass is 16.2. The summed E-state index contributed by atoms with van der Waals surface area (Å²) in [4.78, 5) is 17.8. The van der Waals surface area contributed by atoms with Crippen LogP contribution in [-0.2, 0) is 4.79 Å². The lowest BCUT2D eigenvalue weighted by atomic mass is 10.0. The molecule has 1 aromatic heterocycles. The van der Waals surface area contributed by atoms with Gasteiger partial charge in [0.15, 0.2) is 0 Å². The largest absolute Gasteiger partial charge is 0.300 e. The highest BCUT2D eigenvalue weighted by molar-refractivity contribution is 5.93. The average Bonchev–Trinajstić information content (AvgIpc) is 2.27. The van der Waals surface area contributed by atoms with Crippen molar-refractivity contribution in [1.29, 1.82) is 0 Å². The van der Waals surface area contributed by atoms with Crippen LogP contribution < -0.4 is 4.90 Å². The first-order valence-corrected chi connectivity index (χ1v) is 5.35. The molecule has 1 atom stereocenters. The first-order valence-electron chi connectivity index (χ1n) is 5.35. The fourth-order valence-electron chi connectivity index (χ4n) is 1.61. The number of allylic oxidation sites excluding steroid dienone is 1. The number of pyridine rings is 1. The van der Waals surface area contributed by atoms with Gasteiger partial charge >= 0.3 is 0 Å². The van der Waals surface area contributed by atoms with Crippen molar-refractivity contribution in [1.82, 2.24) is 4.98 Å². The van der Waals surface area contributed by atoms with Crippen LogP contribution in [0.1, 0.15) is 20.3 Å². The van der Waals surface area contributed by atoms with Crippen molar-refractivity contribution in [3.05, 3.63) is 36.5 Å². The number of nitrogens with zero attached hydrogens (tertiary/aromatic N) is 2. The number of rotatable bonds is 4. The summed E-state index contributed by atoms with van der Waals surface area (Å²) in [7, 11) is 1.75. The summed E-state index contributed by atoms with van der Waals surface area (Å²) in [6.07, 6.45) is 2.40. The summed E-state index contributed by atoms with van der Waals surface area (Å²) < 4.78 is 0. The Morgan fingerprint density at radius 3 is 2.75 bits per heavy atom. The molecule has 0 saturated heterocycles. The van der Waals surface area contributed by atoms with Gasteiger partial charge in [-0.05, 0) is 25.5 Å². The minimum absolute atomic E-state index is 0.0514. The third-order valence-corrected chi connectivity index (χ3v) is 2.40. The number of carbonyl (C=O) groups excluding carboxylic acids is 1. The van der Waals surface area contributed by atoms with Crippen molar-refractivity contribution in [2.24, 2.45) is 5.92 Å². The molecule has 0 fully saturated rings. The van der Waals surface area contributed by atoms with Gasteiger partial charge in [-0.3, -0.25) is 9.69 Å². The number of hydrogen-bond acceptors (Lipinski definition) is 2. The van der Waals surface area contributed by atoms with E-state index in [9.17, 15) is 4.79 Å². The summed E-state index contributed by atoms with van der Waals surface area (Å²) in [6.45, 7) is 7.67. The van der Waals surface area contributed by atoms with E-state index < -0.39 is 0 Å². The van der Waals surface area contributed by atoms with Crippen LogP contribution in [0.3, 0.4) is 0 Å².